The van der Waals surface area contributed by atoms with Crippen molar-refractivity contribution < 1.29 is 0 Å². The standard InChI is InChI=1S/C14H26N2/c1-11(2)8-13-6-7-14(16(13)5)10-15-9-12(3)4/h6-7,11-12,15H,8-10H2,1-5H3. The molecule has 0 spiro atoms. The number of aromatic nitrogens is 1. The third-order valence-corrected chi connectivity index (χ3v) is 2.81. The van der Waals surface area contributed by atoms with Crippen LogP contribution in [0.4, 0.5) is 0 Å². The Labute approximate surface area is 100 Å². The summed E-state index contributed by atoms with van der Waals surface area (Å²) in [4.78, 5) is 0. The topological polar surface area (TPSA) is 17.0 Å². The molecular weight excluding hydrogens is 196 g/mol. The number of rotatable bonds is 6. The third kappa shape index (κ3) is 4.01. The van der Waals surface area contributed by atoms with E-state index in [1.54, 1.807) is 0 Å². The van der Waals surface area contributed by atoms with Gasteiger partial charge < -0.3 is 9.88 Å². The van der Waals surface area contributed by atoms with Gasteiger partial charge in [0.05, 0.1) is 0 Å². The van der Waals surface area contributed by atoms with E-state index in [9.17, 15) is 0 Å². The lowest BCUT2D eigenvalue weighted by molar-refractivity contribution is 0.537. The van der Waals surface area contributed by atoms with Crippen molar-refractivity contribution in [1.29, 1.82) is 0 Å². The van der Waals surface area contributed by atoms with Crippen LogP contribution in [0.15, 0.2) is 12.1 Å². The van der Waals surface area contributed by atoms with E-state index in [1.807, 2.05) is 0 Å². The summed E-state index contributed by atoms with van der Waals surface area (Å²) in [6, 6.07) is 4.50. The van der Waals surface area contributed by atoms with Gasteiger partial charge in [0.25, 0.3) is 0 Å². The van der Waals surface area contributed by atoms with Crippen LogP contribution in [0.3, 0.4) is 0 Å². The molecule has 1 aromatic rings. The van der Waals surface area contributed by atoms with Crippen molar-refractivity contribution in [1.82, 2.24) is 9.88 Å². The average molecular weight is 222 g/mol. The summed E-state index contributed by atoms with van der Waals surface area (Å²) < 4.78 is 2.33. The van der Waals surface area contributed by atoms with Gasteiger partial charge in [-0.05, 0) is 36.9 Å². The Hall–Kier alpha value is -0.760. The SMILES string of the molecule is CC(C)CNCc1ccc(CC(C)C)n1C. The van der Waals surface area contributed by atoms with E-state index in [1.165, 1.54) is 17.8 Å². The highest BCUT2D eigenvalue weighted by atomic mass is 15.0. The van der Waals surface area contributed by atoms with Crippen LogP contribution in [0.5, 0.6) is 0 Å². The van der Waals surface area contributed by atoms with Gasteiger partial charge in [-0.25, -0.2) is 0 Å². The monoisotopic (exact) mass is 222 g/mol. The van der Waals surface area contributed by atoms with E-state index in [-0.39, 0.29) is 0 Å². The maximum absolute atomic E-state index is 3.49. The van der Waals surface area contributed by atoms with Gasteiger partial charge in [0.15, 0.2) is 0 Å². The van der Waals surface area contributed by atoms with E-state index >= 15 is 0 Å². The van der Waals surface area contributed by atoms with E-state index in [2.05, 4.69) is 56.8 Å². The Morgan fingerprint density at radius 1 is 1.06 bits per heavy atom. The lowest BCUT2D eigenvalue weighted by atomic mass is 10.1. The average Bonchev–Trinajstić information content (AvgIpc) is 2.48. The zero-order valence-corrected chi connectivity index (χ0v) is 11.4. The molecule has 1 heterocycles. The minimum atomic E-state index is 0.718. The second kappa shape index (κ2) is 6.09. The lowest BCUT2D eigenvalue weighted by Crippen LogP contribution is -2.20. The number of nitrogens with one attached hydrogen (secondary N) is 1. The zero-order chi connectivity index (χ0) is 12.1. The van der Waals surface area contributed by atoms with Crippen LogP contribution in [0.25, 0.3) is 0 Å². The molecule has 0 saturated carbocycles. The second-order valence-electron chi connectivity index (χ2n) is 5.50. The molecule has 2 heteroatoms. The van der Waals surface area contributed by atoms with Gasteiger partial charge >= 0.3 is 0 Å². The number of nitrogens with zero attached hydrogens (tertiary/aromatic N) is 1. The molecule has 0 unspecified atom stereocenters. The lowest BCUT2D eigenvalue weighted by Gasteiger charge is -2.11. The highest BCUT2D eigenvalue weighted by Gasteiger charge is 2.06. The van der Waals surface area contributed by atoms with Crippen molar-refractivity contribution in [3.63, 3.8) is 0 Å². The Morgan fingerprint density at radius 2 is 1.69 bits per heavy atom. The fourth-order valence-electron chi connectivity index (χ4n) is 1.89. The molecule has 0 amide bonds. The van der Waals surface area contributed by atoms with Crippen LogP contribution in [0, 0.1) is 11.8 Å². The normalized spacial score (nSPS) is 11.7. The summed E-state index contributed by atoms with van der Waals surface area (Å²) in [5, 5.41) is 3.49. The Kier molecular flexibility index (Phi) is 5.07. The molecule has 16 heavy (non-hydrogen) atoms. The van der Waals surface area contributed by atoms with Gasteiger partial charge in [-0.3, -0.25) is 0 Å². The van der Waals surface area contributed by atoms with Crippen LogP contribution in [-0.2, 0) is 20.0 Å². The van der Waals surface area contributed by atoms with Crippen molar-refractivity contribution >= 4 is 0 Å². The fraction of sp³-hybridized carbons (Fsp3) is 0.714. The minimum Gasteiger partial charge on any atom is -0.350 e. The number of hydrogen-bond donors (Lipinski definition) is 1. The minimum absolute atomic E-state index is 0.718. The van der Waals surface area contributed by atoms with Gasteiger partial charge in [0.1, 0.15) is 0 Å². The maximum atomic E-state index is 3.49. The van der Waals surface area contributed by atoms with E-state index < -0.39 is 0 Å². The van der Waals surface area contributed by atoms with Gasteiger partial charge in [0.2, 0.25) is 0 Å². The second-order valence-corrected chi connectivity index (χ2v) is 5.50. The fourth-order valence-corrected chi connectivity index (χ4v) is 1.89. The van der Waals surface area contributed by atoms with Crippen molar-refractivity contribution in [3.8, 4) is 0 Å². The molecule has 0 fully saturated rings. The highest BCUT2D eigenvalue weighted by molar-refractivity contribution is 5.16. The zero-order valence-electron chi connectivity index (χ0n) is 11.4. The van der Waals surface area contributed by atoms with Crippen molar-refractivity contribution in [2.24, 2.45) is 18.9 Å². The Morgan fingerprint density at radius 3 is 2.25 bits per heavy atom. The summed E-state index contributed by atoms with van der Waals surface area (Å²) in [5.41, 5.74) is 2.83. The molecule has 0 atom stereocenters. The van der Waals surface area contributed by atoms with Gasteiger partial charge in [-0.15, -0.1) is 0 Å². The van der Waals surface area contributed by atoms with E-state index in [0.29, 0.717) is 0 Å². The van der Waals surface area contributed by atoms with Gasteiger partial charge in [0, 0.05) is 25.0 Å². The molecule has 1 rings (SSSR count). The first kappa shape index (κ1) is 13.3. The van der Waals surface area contributed by atoms with Crippen LogP contribution >= 0.6 is 0 Å². The quantitative estimate of drug-likeness (QED) is 0.783. The molecule has 0 aliphatic rings. The molecule has 1 N–H and O–H groups in total. The maximum Gasteiger partial charge on any atom is 0.0359 e. The molecule has 2 nitrogen and oxygen atoms in total. The molecule has 0 aliphatic heterocycles. The molecule has 92 valence electrons. The first-order valence-electron chi connectivity index (χ1n) is 6.35. The summed E-state index contributed by atoms with van der Waals surface area (Å²) in [6.07, 6.45) is 1.17. The molecular formula is C14H26N2. The summed E-state index contributed by atoms with van der Waals surface area (Å²) in [7, 11) is 2.17. The summed E-state index contributed by atoms with van der Waals surface area (Å²) >= 11 is 0. The van der Waals surface area contributed by atoms with Gasteiger partial charge in [-0.2, -0.15) is 0 Å². The predicted molar refractivity (Wildman–Crippen MR) is 70.5 cm³/mol. The smallest absolute Gasteiger partial charge is 0.0359 e. The van der Waals surface area contributed by atoms with E-state index in [4.69, 9.17) is 0 Å². The first-order valence-corrected chi connectivity index (χ1v) is 6.35. The Bertz CT molecular complexity index is 311. The number of hydrogen-bond acceptors (Lipinski definition) is 1. The third-order valence-electron chi connectivity index (χ3n) is 2.81. The largest absolute Gasteiger partial charge is 0.350 e. The summed E-state index contributed by atoms with van der Waals surface area (Å²) in [5.74, 6) is 1.44. The van der Waals surface area contributed by atoms with Crippen molar-refractivity contribution in [2.45, 2.75) is 40.7 Å². The highest BCUT2D eigenvalue weighted by Crippen LogP contribution is 2.12. The van der Waals surface area contributed by atoms with Crippen LogP contribution < -0.4 is 5.32 Å². The molecule has 0 aromatic carbocycles. The molecule has 0 saturated heterocycles. The van der Waals surface area contributed by atoms with Crippen LogP contribution in [0.1, 0.15) is 39.1 Å². The van der Waals surface area contributed by atoms with Crippen molar-refractivity contribution in [2.75, 3.05) is 6.54 Å². The summed E-state index contributed by atoms with van der Waals surface area (Å²) in [6.45, 7) is 11.1. The van der Waals surface area contributed by atoms with Crippen molar-refractivity contribution in [3.05, 3.63) is 23.5 Å². The van der Waals surface area contributed by atoms with Crippen LogP contribution in [-0.4, -0.2) is 11.1 Å². The molecule has 1 aromatic heterocycles. The van der Waals surface area contributed by atoms with Gasteiger partial charge in [-0.1, -0.05) is 27.7 Å². The molecule has 0 bridgehead atoms. The first-order chi connectivity index (χ1) is 7.50. The Balaban J connectivity index is 2.51. The molecule has 0 aliphatic carbocycles. The predicted octanol–water partition coefficient (Wildman–Crippen LogP) is 2.97. The molecule has 0 radical (unpaired) electrons. The van der Waals surface area contributed by atoms with Crippen LogP contribution in [0.2, 0.25) is 0 Å². The van der Waals surface area contributed by atoms with E-state index in [0.717, 1.165) is 24.9 Å².